The Balaban J connectivity index is 1.80. The average Bonchev–Trinajstić information content (AvgIpc) is 3.01. The minimum atomic E-state index is -0.468. The molecule has 1 N–H and O–H groups in total. The summed E-state index contributed by atoms with van der Waals surface area (Å²) in [5.41, 5.74) is 0.224. The van der Waals surface area contributed by atoms with Crippen LogP contribution in [-0.4, -0.2) is 54.1 Å². The van der Waals surface area contributed by atoms with Crippen LogP contribution < -0.4 is 5.32 Å². The molecule has 1 heterocycles. The van der Waals surface area contributed by atoms with E-state index < -0.39 is 5.97 Å². The maximum absolute atomic E-state index is 11.4. The minimum absolute atomic E-state index is 0.224. The number of esters is 1. The van der Waals surface area contributed by atoms with Crippen LogP contribution in [0, 0.1) is 0 Å². The standard InChI is InChI=1S/C14H22N4O2/c1-18(11-5-3-4-6-11)8-7-16-13-10-15-9-12(17-13)14(19)20-2/h9-11H,3-8H2,1-2H3,(H,16,17). The van der Waals surface area contributed by atoms with Crippen LogP contribution in [0.5, 0.6) is 0 Å². The number of aromatic nitrogens is 2. The fourth-order valence-corrected chi connectivity index (χ4v) is 2.54. The summed E-state index contributed by atoms with van der Waals surface area (Å²) in [4.78, 5) is 21.9. The number of ether oxygens (including phenoxy) is 1. The Morgan fingerprint density at radius 1 is 1.45 bits per heavy atom. The van der Waals surface area contributed by atoms with Gasteiger partial charge >= 0.3 is 5.97 Å². The highest BCUT2D eigenvalue weighted by atomic mass is 16.5. The van der Waals surface area contributed by atoms with Crippen LogP contribution in [-0.2, 0) is 4.74 Å². The van der Waals surface area contributed by atoms with Crippen molar-refractivity contribution in [2.24, 2.45) is 0 Å². The van der Waals surface area contributed by atoms with Gasteiger partial charge < -0.3 is 15.0 Å². The summed E-state index contributed by atoms with van der Waals surface area (Å²) in [6.07, 6.45) is 8.30. The fraction of sp³-hybridized carbons (Fsp3) is 0.643. The molecule has 0 bridgehead atoms. The molecule has 2 rings (SSSR count). The van der Waals surface area contributed by atoms with Gasteiger partial charge in [-0.15, -0.1) is 0 Å². The summed E-state index contributed by atoms with van der Waals surface area (Å²) in [5.74, 6) is 0.136. The van der Waals surface area contributed by atoms with E-state index in [1.54, 1.807) is 6.20 Å². The Morgan fingerprint density at radius 3 is 2.90 bits per heavy atom. The number of hydrogen-bond donors (Lipinski definition) is 1. The predicted molar refractivity (Wildman–Crippen MR) is 76.7 cm³/mol. The number of carbonyl (C=O) groups excluding carboxylic acids is 1. The second-order valence-corrected chi connectivity index (χ2v) is 5.13. The number of methoxy groups -OCH3 is 1. The van der Waals surface area contributed by atoms with E-state index in [0.29, 0.717) is 11.9 Å². The summed E-state index contributed by atoms with van der Waals surface area (Å²) < 4.78 is 4.62. The number of hydrogen-bond acceptors (Lipinski definition) is 6. The summed E-state index contributed by atoms with van der Waals surface area (Å²) in [6, 6.07) is 0.712. The fourth-order valence-electron chi connectivity index (χ4n) is 2.54. The van der Waals surface area contributed by atoms with Crippen LogP contribution in [0.3, 0.4) is 0 Å². The van der Waals surface area contributed by atoms with E-state index in [1.165, 1.54) is 39.0 Å². The van der Waals surface area contributed by atoms with E-state index in [2.05, 4.69) is 32.0 Å². The number of likely N-dealkylation sites (N-methyl/N-ethyl adjacent to an activating group) is 1. The molecule has 0 spiro atoms. The molecule has 0 saturated heterocycles. The molecule has 1 aliphatic carbocycles. The van der Waals surface area contributed by atoms with Crippen molar-refractivity contribution in [3.8, 4) is 0 Å². The highest BCUT2D eigenvalue weighted by molar-refractivity contribution is 5.87. The lowest BCUT2D eigenvalue weighted by Gasteiger charge is -2.23. The third-order valence-electron chi connectivity index (χ3n) is 3.75. The molecule has 0 amide bonds. The van der Waals surface area contributed by atoms with Gasteiger partial charge in [-0.05, 0) is 19.9 Å². The van der Waals surface area contributed by atoms with E-state index in [1.807, 2.05) is 0 Å². The molecule has 6 heteroatoms. The van der Waals surface area contributed by atoms with Crippen molar-refractivity contribution in [3.63, 3.8) is 0 Å². The molecule has 20 heavy (non-hydrogen) atoms. The normalized spacial score (nSPS) is 15.6. The maximum Gasteiger partial charge on any atom is 0.358 e. The van der Waals surface area contributed by atoms with Crippen LogP contribution in [0.4, 0.5) is 5.82 Å². The lowest BCUT2D eigenvalue weighted by atomic mass is 10.2. The third kappa shape index (κ3) is 3.90. The molecule has 110 valence electrons. The van der Waals surface area contributed by atoms with E-state index in [-0.39, 0.29) is 5.69 Å². The molecule has 6 nitrogen and oxygen atoms in total. The van der Waals surface area contributed by atoms with Crippen molar-refractivity contribution >= 4 is 11.8 Å². The molecule has 0 aromatic carbocycles. The van der Waals surface area contributed by atoms with Crippen molar-refractivity contribution in [2.75, 3.05) is 32.6 Å². The first-order valence-corrected chi connectivity index (χ1v) is 7.05. The van der Waals surface area contributed by atoms with Gasteiger partial charge in [-0.2, -0.15) is 0 Å². The summed E-state index contributed by atoms with van der Waals surface area (Å²) in [6.45, 7) is 1.74. The molecule has 1 aromatic rings. The van der Waals surface area contributed by atoms with Crippen LogP contribution in [0.15, 0.2) is 12.4 Å². The van der Waals surface area contributed by atoms with Gasteiger partial charge in [0.1, 0.15) is 5.82 Å². The monoisotopic (exact) mass is 278 g/mol. The predicted octanol–water partition coefficient (Wildman–Crippen LogP) is 1.55. The molecule has 0 unspecified atom stereocenters. The van der Waals surface area contributed by atoms with E-state index in [9.17, 15) is 4.79 Å². The molecular formula is C14H22N4O2. The van der Waals surface area contributed by atoms with E-state index in [4.69, 9.17) is 0 Å². The second-order valence-electron chi connectivity index (χ2n) is 5.13. The van der Waals surface area contributed by atoms with Gasteiger partial charge in [0.2, 0.25) is 0 Å². The second kappa shape index (κ2) is 7.19. The van der Waals surface area contributed by atoms with Gasteiger partial charge in [-0.25, -0.2) is 9.78 Å². The van der Waals surface area contributed by atoms with Crippen LogP contribution >= 0.6 is 0 Å². The number of nitrogens with one attached hydrogen (secondary N) is 1. The maximum atomic E-state index is 11.4. The van der Waals surface area contributed by atoms with Crippen LogP contribution in [0.2, 0.25) is 0 Å². The Hall–Kier alpha value is -1.69. The molecule has 1 saturated carbocycles. The first kappa shape index (κ1) is 14.7. The van der Waals surface area contributed by atoms with Crippen LogP contribution in [0.25, 0.3) is 0 Å². The Labute approximate surface area is 119 Å². The topological polar surface area (TPSA) is 67.3 Å². The molecule has 1 aliphatic rings. The quantitative estimate of drug-likeness (QED) is 0.796. The minimum Gasteiger partial charge on any atom is -0.464 e. The van der Waals surface area contributed by atoms with Gasteiger partial charge in [0, 0.05) is 19.1 Å². The number of nitrogens with zero attached hydrogens (tertiary/aromatic N) is 3. The molecule has 0 aliphatic heterocycles. The summed E-state index contributed by atoms with van der Waals surface area (Å²) in [7, 11) is 3.49. The Bertz CT molecular complexity index is 447. The van der Waals surface area contributed by atoms with Crippen molar-refractivity contribution in [1.29, 1.82) is 0 Å². The van der Waals surface area contributed by atoms with E-state index in [0.717, 1.165) is 13.1 Å². The first-order valence-electron chi connectivity index (χ1n) is 7.05. The highest BCUT2D eigenvalue weighted by Gasteiger charge is 2.18. The van der Waals surface area contributed by atoms with Crippen molar-refractivity contribution in [1.82, 2.24) is 14.9 Å². The number of carbonyl (C=O) groups is 1. The van der Waals surface area contributed by atoms with Gasteiger partial charge in [0.25, 0.3) is 0 Å². The highest BCUT2D eigenvalue weighted by Crippen LogP contribution is 2.21. The van der Waals surface area contributed by atoms with E-state index >= 15 is 0 Å². The smallest absolute Gasteiger partial charge is 0.358 e. The number of rotatable bonds is 6. The third-order valence-corrected chi connectivity index (χ3v) is 3.75. The molecule has 0 atom stereocenters. The van der Waals surface area contributed by atoms with Gasteiger partial charge in [-0.1, -0.05) is 12.8 Å². The average molecular weight is 278 g/mol. The number of anilines is 1. The Kier molecular flexibility index (Phi) is 5.29. The van der Waals surface area contributed by atoms with Crippen molar-refractivity contribution < 1.29 is 9.53 Å². The molecule has 1 fully saturated rings. The first-order chi connectivity index (χ1) is 9.70. The summed E-state index contributed by atoms with van der Waals surface area (Å²) in [5, 5.41) is 3.20. The zero-order valence-electron chi connectivity index (χ0n) is 12.1. The van der Waals surface area contributed by atoms with Gasteiger partial charge in [0.15, 0.2) is 5.69 Å². The SMILES string of the molecule is COC(=O)c1cncc(NCCN(C)C2CCCC2)n1. The van der Waals surface area contributed by atoms with Crippen molar-refractivity contribution in [2.45, 2.75) is 31.7 Å². The molecular weight excluding hydrogens is 256 g/mol. The zero-order valence-corrected chi connectivity index (χ0v) is 12.1. The van der Waals surface area contributed by atoms with Gasteiger partial charge in [-0.3, -0.25) is 4.98 Å². The Morgan fingerprint density at radius 2 is 2.20 bits per heavy atom. The zero-order chi connectivity index (χ0) is 14.4. The lowest BCUT2D eigenvalue weighted by Crippen LogP contribution is -2.33. The van der Waals surface area contributed by atoms with Crippen LogP contribution in [0.1, 0.15) is 36.2 Å². The largest absolute Gasteiger partial charge is 0.464 e. The lowest BCUT2D eigenvalue weighted by molar-refractivity contribution is 0.0593. The molecule has 1 aromatic heterocycles. The summed E-state index contributed by atoms with van der Waals surface area (Å²) >= 11 is 0. The van der Waals surface area contributed by atoms with Crippen molar-refractivity contribution in [3.05, 3.63) is 18.1 Å². The molecule has 0 radical (unpaired) electrons. The van der Waals surface area contributed by atoms with Gasteiger partial charge in [0.05, 0.1) is 19.5 Å².